The van der Waals surface area contributed by atoms with Gasteiger partial charge in [0.25, 0.3) is 0 Å². The smallest absolute Gasteiger partial charge is 0.327 e. The fraction of sp³-hybridized carbons (Fsp3) is 0.364. The summed E-state index contributed by atoms with van der Waals surface area (Å²) in [6, 6.07) is 7.27. The molecule has 0 fully saturated rings. The van der Waals surface area contributed by atoms with Crippen LogP contribution in [0.25, 0.3) is 0 Å². The van der Waals surface area contributed by atoms with E-state index in [2.05, 4.69) is 15.9 Å². The van der Waals surface area contributed by atoms with Gasteiger partial charge in [-0.2, -0.15) is 0 Å². The van der Waals surface area contributed by atoms with Crippen molar-refractivity contribution in [1.82, 2.24) is 4.90 Å². The van der Waals surface area contributed by atoms with Crippen LogP contribution in [0.5, 0.6) is 0 Å². The van der Waals surface area contributed by atoms with Crippen molar-refractivity contribution in [3.05, 3.63) is 34.3 Å². The van der Waals surface area contributed by atoms with E-state index < -0.39 is 0 Å². The van der Waals surface area contributed by atoms with Crippen molar-refractivity contribution in [3.8, 4) is 0 Å². The van der Waals surface area contributed by atoms with Crippen LogP contribution in [0.1, 0.15) is 11.6 Å². The molecule has 0 amide bonds. The average molecular weight is 272 g/mol. The Bertz CT molecular complexity index is 352. The molecule has 1 aromatic carbocycles. The number of likely N-dealkylation sites (N-methyl/N-ethyl adjacent to an activating group) is 1. The second-order valence-corrected chi connectivity index (χ2v) is 4.27. The topological polar surface area (TPSA) is 29.5 Å². The van der Waals surface area contributed by atoms with Gasteiger partial charge in [-0.15, -0.1) is 0 Å². The van der Waals surface area contributed by atoms with Gasteiger partial charge in [-0.1, -0.05) is 34.1 Å². The van der Waals surface area contributed by atoms with Gasteiger partial charge in [0.2, 0.25) is 0 Å². The molecule has 0 aliphatic heterocycles. The highest BCUT2D eigenvalue weighted by Crippen LogP contribution is 2.27. The number of hydrogen-bond donors (Lipinski definition) is 0. The number of methoxy groups -OCH3 is 1. The molecular weight excluding hydrogens is 258 g/mol. The highest BCUT2D eigenvalue weighted by Gasteiger charge is 2.25. The zero-order chi connectivity index (χ0) is 11.4. The number of carbonyl (C=O) groups is 1. The summed E-state index contributed by atoms with van der Waals surface area (Å²) >= 11 is 3.43. The summed E-state index contributed by atoms with van der Waals surface area (Å²) in [5.41, 5.74) is 0.911. The molecule has 0 aromatic heterocycles. The monoisotopic (exact) mass is 271 g/mol. The molecule has 0 radical (unpaired) electrons. The zero-order valence-electron chi connectivity index (χ0n) is 9.03. The Morgan fingerprint density at radius 3 is 2.47 bits per heavy atom. The molecule has 0 bridgehead atoms. The summed E-state index contributed by atoms with van der Waals surface area (Å²) in [6.45, 7) is 0. The summed E-state index contributed by atoms with van der Waals surface area (Å²) in [6.07, 6.45) is 0. The number of nitrogens with zero attached hydrogens (tertiary/aromatic N) is 1. The van der Waals surface area contributed by atoms with Crippen LogP contribution in [0.2, 0.25) is 0 Å². The quantitative estimate of drug-likeness (QED) is 0.790. The van der Waals surface area contributed by atoms with Crippen molar-refractivity contribution in [3.63, 3.8) is 0 Å². The molecule has 0 aliphatic carbocycles. The first-order valence-corrected chi connectivity index (χ1v) is 5.36. The molecule has 1 aromatic rings. The van der Waals surface area contributed by atoms with Gasteiger partial charge in [-0.05, 0) is 25.7 Å². The van der Waals surface area contributed by atoms with Crippen LogP contribution < -0.4 is 0 Å². The second kappa shape index (κ2) is 5.28. The highest BCUT2D eigenvalue weighted by atomic mass is 79.9. The maximum atomic E-state index is 11.6. The van der Waals surface area contributed by atoms with Gasteiger partial charge in [0, 0.05) is 4.47 Å². The predicted molar refractivity (Wildman–Crippen MR) is 62.6 cm³/mol. The van der Waals surface area contributed by atoms with E-state index in [1.54, 1.807) is 0 Å². The van der Waals surface area contributed by atoms with Crippen LogP contribution in [0.15, 0.2) is 28.7 Å². The Hall–Kier alpha value is -0.870. The lowest BCUT2D eigenvalue weighted by atomic mass is 10.1. The summed E-state index contributed by atoms with van der Waals surface area (Å²) in [5.74, 6) is -0.257. The second-order valence-electron chi connectivity index (χ2n) is 3.41. The number of halogens is 1. The lowest BCUT2D eigenvalue weighted by Gasteiger charge is -2.22. The van der Waals surface area contributed by atoms with Gasteiger partial charge in [0.15, 0.2) is 0 Å². The van der Waals surface area contributed by atoms with Crippen LogP contribution in [-0.2, 0) is 9.53 Å². The molecule has 0 saturated heterocycles. The van der Waals surface area contributed by atoms with Crippen molar-refractivity contribution < 1.29 is 9.53 Å². The number of benzene rings is 1. The summed E-state index contributed by atoms with van der Waals surface area (Å²) in [5, 5.41) is 0. The predicted octanol–water partition coefficient (Wildman–Crippen LogP) is 2.22. The molecule has 0 saturated carbocycles. The van der Waals surface area contributed by atoms with Crippen LogP contribution in [0, 0.1) is 0 Å². The van der Waals surface area contributed by atoms with Crippen molar-refractivity contribution in [2.45, 2.75) is 6.04 Å². The number of esters is 1. The Balaban J connectivity index is 3.10. The molecule has 15 heavy (non-hydrogen) atoms. The normalized spacial score (nSPS) is 12.6. The third-order valence-electron chi connectivity index (χ3n) is 2.14. The minimum Gasteiger partial charge on any atom is -0.468 e. The Kier molecular flexibility index (Phi) is 4.29. The summed E-state index contributed by atoms with van der Waals surface area (Å²) in [4.78, 5) is 13.4. The lowest BCUT2D eigenvalue weighted by Crippen LogP contribution is -2.28. The third kappa shape index (κ3) is 2.79. The van der Waals surface area contributed by atoms with Crippen molar-refractivity contribution >= 4 is 21.9 Å². The minimum absolute atomic E-state index is 0.257. The molecule has 4 heteroatoms. The molecule has 1 atom stereocenters. The number of rotatable bonds is 3. The number of hydrogen-bond acceptors (Lipinski definition) is 3. The van der Waals surface area contributed by atoms with Crippen LogP contribution in [0.3, 0.4) is 0 Å². The maximum absolute atomic E-state index is 11.6. The van der Waals surface area contributed by atoms with Gasteiger partial charge < -0.3 is 4.74 Å². The Morgan fingerprint density at radius 1 is 1.40 bits per heavy atom. The first-order valence-electron chi connectivity index (χ1n) is 4.56. The molecular formula is C11H14BrNO2. The zero-order valence-corrected chi connectivity index (χ0v) is 10.6. The van der Waals surface area contributed by atoms with Crippen LogP contribution in [0.4, 0.5) is 0 Å². The van der Waals surface area contributed by atoms with Gasteiger partial charge in [0.05, 0.1) is 7.11 Å². The van der Waals surface area contributed by atoms with E-state index in [9.17, 15) is 4.79 Å². The molecule has 0 spiro atoms. The van der Waals surface area contributed by atoms with E-state index in [1.165, 1.54) is 7.11 Å². The number of ether oxygens (including phenoxy) is 1. The third-order valence-corrected chi connectivity index (χ3v) is 2.86. The fourth-order valence-electron chi connectivity index (χ4n) is 1.42. The van der Waals surface area contributed by atoms with Crippen molar-refractivity contribution in [1.29, 1.82) is 0 Å². The largest absolute Gasteiger partial charge is 0.468 e. The Morgan fingerprint density at radius 2 is 2.00 bits per heavy atom. The average Bonchev–Trinajstić information content (AvgIpc) is 2.20. The van der Waals surface area contributed by atoms with Crippen LogP contribution in [-0.4, -0.2) is 32.1 Å². The molecule has 3 nitrogen and oxygen atoms in total. The van der Waals surface area contributed by atoms with Gasteiger partial charge in [-0.3, -0.25) is 4.90 Å². The molecule has 0 heterocycles. The van der Waals surface area contributed by atoms with Gasteiger partial charge in [0.1, 0.15) is 6.04 Å². The van der Waals surface area contributed by atoms with Crippen molar-refractivity contribution in [2.24, 2.45) is 0 Å². The molecule has 0 aliphatic rings. The van der Waals surface area contributed by atoms with Crippen molar-refractivity contribution in [2.75, 3.05) is 21.2 Å². The molecule has 82 valence electrons. The summed E-state index contributed by atoms with van der Waals surface area (Å²) in [7, 11) is 5.09. The maximum Gasteiger partial charge on any atom is 0.327 e. The van der Waals surface area contributed by atoms with E-state index in [4.69, 9.17) is 4.74 Å². The van der Waals surface area contributed by atoms with E-state index in [1.807, 2.05) is 43.3 Å². The van der Waals surface area contributed by atoms with Gasteiger partial charge >= 0.3 is 5.97 Å². The minimum atomic E-state index is -0.370. The highest BCUT2D eigenvalue weighted by molar-refractivity contribution is 9.10. The van der Waals surface area contributed by atoms with E-state index in [-0.39, 0.29) is 12.0 Å². The molecule has 1 rings (SSSR count). The first kappa shape index (κ1) is 12.2. The summed E-state index contributed by atoms with van der Waals surface area (Å²) < 4.78 is 5.69. The standard InChI is InChI=1S/C11H14BrNO2/c1-13(2)10(11(14)15-3)8-6-4-5-7-9(8)12/h4-7,10H,1-3H3. The number of carbonyl (C=O) groups excluding carboxylic acids is 1. The van der Waals surface area contributed by atoms with E-state index in [0.29, 0.717) is 0 Å². The van der Waals surface area contributed by atoms with E-state index >= 15 is 0 Å². The Labute approximate surface area is 98.2 Å². The molecule has 0 N–H and O–H groups in total. The molecule has 1 unspecified atom stereocenters. The lowest BCUT2D eigenvalue weighted by molar-refractivity contribution is -0.146. The first-order chi connectivity index (χ1) is 7.07. The van der Waals surface area contributed by atoms with Gasteiger partial charge in [-0.25, -0.2) is 4.79 Å². The SMILES string of the molecule is COC(=O)C(c1ccccc1Br)N(C)C. The van der Waals surface area contributed by atoms with E-state index in [0.717, 1.165) is 10.0 Å². The van der Waals surface area contributed by atoms with Crippen LogP contribution >= 0.6 is 15.9 Å². The fourth-order valence-corrected chi connectivity index (χ4v) is 1.93.